The number of piperidine rings is 1. The fourth-order valence-electron chi connectivity index (χ4n) is 3.21. The Bertz CT molecular complexity index is 705. The maximum absolute atomic E-state index is 12.8. The Morgan fingerprint density at radius 1 is 1.21 bits per heavy atom. The zero-order valence-corrected chi connectivity index (χ0v) is 15.3. The Hall–Kier alpha value is -1.85. The van der Waals surface area contributed by atoms with Gasteiger partial charge in [0.25, 0.3) is 5.91 Å². The summed E-state index contributed by atoms with van der Waals surface area (Å²) in [6, 6.07) is 8.61. The molecule has 3 rings (SSSR count). The number of amides is 1. The van der Waals surface area contributed by atoms with Crippen molar-refractivity contribution in [3.8, 4) is 5.69 Å². The number of carbonyl (C=O) groups excluding carboxylic acids is 1. The van der Waals surface area contributed by atoms with Gasteiger partial charge < -0.3 is 10.2 Å². The van der Waals surface area contributed by atoms with E-state index in [1.807, 2.05) is 41.8 Å². The number of aromatic nitrogens is 2. The van der Waals surface area contributed by atoms with Gasteiger partial charge in [-0.05, 0) is 45.4 Å². The molecule has 2 aromatic rings. The van der Waals surface area contributed by atoms with Crippen LogP contribution in [0.5, 0.6) is 0 Å². The molecule has 1 aliphatic heterocycles. The molecule has 2 heterocycles. The first-order valence-corrected chi connectivity index (χ1v) is 8.19. The molecular formula is C18H25ClN4O. The van der Waals surface area contributed by atoms with Crippen molar-refractivity contribution in [3.05, 3.63) is 47.3 Å². The van der Waals surface area contributed by atoms with Crippen molar-refractivity contribution in [1.29, 1.82) is 0 Å². The van der Waals surface area contributed by atoms with Gasteiger partial charge in [0.1, 0.15) is 0 Å². The summed E-state index contributed by atoms with van der Waals surface area (Å²) < 4.78 is 1.86. The maximum Gasteiger partial charge on any atom is 0.257 e. The second-order valence-corrected chi connectivity index (χ2v) is 6.20. The van der Waals surface area contributed by atoms with E-state index in [0.29, 0.717) is 11.6 Å². The molecule has 1 amide bonds. The number of hydrogen-bond donors (Lipinski definition) is 1. The number of carbonyl (C=O) groups is 1. The molecule has 0 aliphatic carbocycles. The third-order valence-electron chi connectivity index (χ3n) is 4.77. The van der Waals surface area contributed by atoms with Crippen LogP contribution in [-0.2, 0) is 0 Å². The van der Waals surface area contributed by atoms with Gasteiger partial charge in [-0.15, -0.1) is 12.4 Å². The highest BCUT2D eigenvalue weighted by atomic mass is 35.5. The summed E-state index contributed by atoms with van der Waals surface area (Å²) in [4.78, 5) is 14.7. The zero-order valence-electron chi connectivity index (χ0n) is 14.5. The SMILES string of the molecule is CNC1CCN(C(=O)c2cnn(-c3ccccc3C)c2C)CC1.Cl. The second kappa shape index (κ2) is 7.81. The van der Waals surface area contributed by atoms with Crippen LogP contribution in [0.25, 0.3) is 5.69 Å². The molecule has 1 saturated heterocycles. The van der Waals surface area contributed by atoms with Gasteiger partial charge in [0.2, 0.25) is 0 Å². The molecule has 0 unspecified atom stereocenters. The highest BCUT2D eigenvalue weighted by molar-refractivity contribution is 5.95. The number of hydrogen-bond acceptors (Lipinski definition) is 3. The molecule has 1 fully saturated rings. The Morgan fingerprint density at radius 2 is 1.88 bits per heavy atom. The van der Waals surface area contributed by atoms with Crippen LogP contribution in [-0.4, -0.2) is 46.8 Å². The lowest BCUT2D eigenvalue weighted by Gasteiger charge is -2.31. The van der Waals surface area contributed by atoms with Crippen LogP contribution < -0.4 is 5.32 Å². The van der Waals surface area contributed by atoms with Crippen molar-refractivity contribution in [2.45, 2.75) is 32.7 Å². The van der Waals surface area contributed by atoms with E-state index in [0.717, 1.165) is 42.9 Å². The van der Waals surface area contributed by atoms with Crippen molar-refractivity contribution in [2.24, 2.45) is 0 Å². The highest BCUT2D eigenvalue weighted by Crippen LogP contribution is 2.20. The molecule has 5 nitrogen and oxygen atoms in total. The Balaban J connectivity index is 0.00000208. The van der Waals surface area contributed by atoms with Crippen LogP contribution in [0.15, 0.2) is 30.5 Å². The summed E-state index contributed by atoms with van der Waals surface area (Å²) in [7, 11) is 1.98. The van der Waals surface area contributed by atoms with E-state index < -0.39 is 0 Å². The topological polar surface area (TPSA) is 50.2 Å². The first kappa shape index (κ1) is 18.5. The van der Waals surface area contributed by atoms with Crippen LogP contribution in [0, 0.1) is 13.8 Å². The third kappa shape index (κ3) is 3.47. The van der Waals surface area contributed by atoms with Crippen LogP contribution in [0.3, 0.4) is 0 Å². The van der Waals surface area contributed by atoms with Gasteiger partial charge in [-0.25, -0.2) is 4.68 Å². The van der Waals surface area contributed by atoms with E-state index in [1.165, 1.54) is 0 Å². The maximum atomic E-state index is 12.8. The third-order valence-corrected chi connectivity index (χ3v) is 4.77. The molecule has 0 saturated carbocycles. The molecule has 1 aromatic carbocycles. The summed E-state index contributed by atoms with van der Waals surface area (Å²) >= 11 is 0. The molecule has 0 bridgehead atoms. The molecule has 24 heavy (non-hydrogen) atoms. The molecule has 0 spiro atoms. The minimum atomic E-state index is 0. The van der Waals surface area contributed by atoms with Gasteiger partial charge in [0, 0.05) is 19.1 Å². The average Bonchev–Trinajstić information content (AvgIpc) is 2.96. The number of rotatable bonds is 3. The quantitative estimate of drug-likeness (QED) is 0.927. The number of para-hydroxylation sites is 1. The lowest BCUT2D eigenvalue weighted by atomic mass is 10.0. The Morgan fingerprint density at radius 3 is 2.50 bits per heavy atom. The monoisotopic (exact) mass is 348 g/mol. The summed E-state index contributed by atoms with van der Waals surface area (Å²) in [5.41, 5.74) is 3.78. The number of likely N-dealkylation sites (tertiary alicyclic amines) is 1. The zero-order chi connectivity index (χ0) is 16.4. The predicted octanol–water partition coefficient (Wildman–Crippen LogP) is 2.73. The normalized spacial score (nSPS) is 15.2. The standard InChI is InChI=1S/C18H24N4O.ClH/c1-13-6-4-5-7-17(13)22-14(2)16(12-20-22)18(23)21-10-8-15(19-3)9-11-21;/h4-7,12,15,19H,8-11H2,1-3H3;1H. The molecule has 130 valence electrons. The van der Waals surface area contributed by atoms with Crippen molar-refractivity contribution >= 4 is 18.3 Å². The van der Waals surface area contributed by atoms with Gasteiger partial charge in [0.05, 0.1) is 23.1 Å². The first-order valence-electron chi connectivity index (χ1n) is 8.19. The summed E-state index contributed by atoms with van der Waals surface area (Å²) in [5, 5.41) is 7.74. The van der Waals surface area contributed by atoms with E-state index in [1.54, 1.807) is 6.20 Å². The number of nitrogens with one attached hydrogen (secondary N) is 1. The van der Waals surface area contributed by atoms with Crippen LogP contribution >= 0.6 is 12.4 Å². The van der Waals surface area contributed by atoms with Crippen LogP contribution in [0.1, 0.15) is 34.5 Å². The number of aryl methyl sites for hydroxylation is 1. The molecule has 1 aromatic heterocycles. The fraction of sp³-hybridized carbons (Fsp3) is 0.444. The molecular weight excluding hydrogens is 324 g/mol. The molecule has 1 N–H and O–H groups in total. The van der Waals surface area contributed by atoms with Gasteiger partial charge in [-0.1, -0.05) is 18.2 Å². The summed E-state index contributed by atoms with van der Waals surface area (Å²) in [5.74, 6) is 0.0943. The number of halogens is 1. The van der Waals surface area contributed by atoms with Crippen molar-refractivity contribution in [1.82, 2.24) is 20.0 Å². The highest BCUT2D eigenvalue weighted by Gasteiger charge is 2.25. The van der Waals surface area contributed by atoms with E-state index in [4.69, 9.17) is 0 Å². The van der Waals surface area contributed by atoms with Crippen molar-refractivity contribution < 1.29 is 4.79 Å². The van der Waals surface area contributed by atoms with Gasteiger partial charge >= 0.3 is 0 Å². The molecule has 1 aliphatic rings. The lowest BCUT2D eigenvalue weighted by molar-refractivity contribution is 0.0706. The summed E-state index contributed by atoms with van der Waals surface area (Å²) in [6.07, 6.45) is 3.72. The van der Waals surface area contributed by atoms with E-state index in [-0.39, 0.29) is 18.3 Å². The second-order valence-electron chi connectivity index (χ2n) is 6.20. The van der Waals surface area contributed by atoms with E-state index in [2.05, 4.69) is 23.4 Å². The first-order chi connectivity index (χ1) is 11.1. The summed E-state index contributed by atoms with van der Waals surface area (Å²) in [6.45, 7) is 5.63. The number of nitrogens with zero attached hydrogens (tertiary/aromatic N) is 3. The van der Waals surface area contributed by atoms with Crippen LogP contribution in [0.2, 0.25) is 0 Å². The largest absolute Gasteiger partial charge is 0.338 e. The fourth-order valence-corrected chi connectivity index (χ4v) is 3.21. The van der Waals surface area contributed by atoms with Gasteiger partial charge in [0.15, 0.2) is 0 Å². The molecule has 0 radical (unpaired) electrons. The van der Waals surface area contributed by atoms with Gasteiger partial charge in [-0.2, -0.15) is 5.10 Å². The molecule has 6 heteroatoms. The average molecular weight is 349 g/mol. The predicted molar refractivity (Wildman–Crippen MR) is 98.3 cm³/mol. The van der Waals surface area contributed by atoms with Crippen molar-refractivity contribution in [3.63, 3.8) is 0 Å². The number of benzene rings is 1. The Kier molecular flexibility index (Phi) is 6.02. The van der Waals surface area contributed by atoms with E-state index >= 15 is 0 Å². The van der Waals surface area contributed by atoms with Gasteiger partial charge in [-0.3, -0.25) is 4.79 Å². The minimum Gasteiger partial charge on any atom is -0.338 e. The Labute approximate surface area is 149 Å². The lowest BCUT2D eigenvalue weighted by Crippen LogP contribution is -2.44. The smallest absolute Gasteiger partial charge is 0.257 e. The van der Waals surface area contributed by atoms with E-state index in [9.17, 15) is 4.79 Å². The van der Waals surface area contributed by atoms with Crippen LogP contribution in [0.4, 0.5) is 0 Å². The van der Waals surface area contributed by atoms with Crippen molar-refractivity contribution in [2.75, 3.05) is 20.1 Å². The minimum absolute atomic E-state index is 0. The molecule has 0 atom stereocenters.